The number of carbonyl (C=O) groups is 1. The quantitative estimate of drug-likeness (QED) is 0.597. The summed E-state index contributed by atoms with van der Waals surface area (Å²) in [6.45, 7) is 7.95. The van der Waals surface area contributed by atoms with Crippen LogP contribution in [-0.4, -0.2) is 47.7 Å². The van der Waals surface area contributed by atoms with E-state index in [2.05, 4.69) is 0 Å². The molecule has 0 N–H and O–H groups in total. The average molecular weight is 356 g/mol. The average Bonchev–Trinajstić information content (AvgIpc) is 2.71. The maximum absolute atomic E-state index is 12.2. The van der Waals surface area contributed by atoms with Crippen LogP contribution in [0.3, 0.4) is 0 Å². The van der Waals surface area contributed by atoms with Gasteiger partial charge in [0, 0.05) is 38.3 Å². The molecule has 1 amide bonds. The molecule has 2 rings (SSSR count). The molecule has 1 aromatic rings. The maximum Gasteiger partial charge on any atom is 0.410 e. The number of nitro groups is 1. The third-order valence-corrected chi connectivity index (χ3v) is 3.93. The number of ether oxygens (including phenoxy) is 1. The highest BCUT2D eigenvalue weighted by molar-refractivity contribution is 6.33. The molecule has 132 valence electrons. The van der Waals surface area contributed by atoms with E-state index in [0.29, 0.717) is 24.7 Å². The number of nitrogens with zero attached hydrogens (tertiary/aromatic N) is 3. The van der Waals surface area contributed by atoms with E-state index in [1.807, 2.05) is 25.7 Å². The lowest BCUT2D eigenvalue weighted by Gasteiger charge is -2.27. The number of hydrogen-bond donors (Lipinski definition) is 0. The zero-order chi connectivity index (χ0) is 17.9. The first-order valence-electron chi connectivity index (χ1n) is 7.84. The number of carbonyl (C=O) groups excluding carboxylic acids is 1. The van der Waals surface area contributed by atoms with Gasteiger partial charge in [0.15, 0.2) is 0 Å². The van der Waals surface area contributed by atoms with E-state index < -0.39 is 10.5 Å². The minimum atomic E-state index is -0.523. The van der Waals surface area contributed by atoms with Crippen molar-refractivity contribution < 1.29 is 14.5 Å². The van der Waals surface area contributed by atoms with Crippen LogP contribution >= 0.6 is 11.6 Å². The molecule has 1 aliphatic rings. The van der Waals surface area contributed by atoms with Gasteiger partial charge >= 0.3 is 6.09 Å². The summed E-state index contributed by atoms with van der Waals surface area (Å²) in [6, 6.07) is 4.45. The molecule has 0 aromatic heterocycles. The van der Waals surface area contributed by atoms with Gasteiger partial charge in [-0.25, -0.2) is 4.79 Å². The monoisotopic (exact) mass is 355 g/mol. The van der Waals surface area contributed by atoms with Crippen molar-refractivity contribution in [3.05, 3.63) is 33.3 Å². The highest BCUT2D eigenvalue weighted by Gasteiger charge is 2.25. The molecule has 0 saturated carbocycles. The number of amides is 1. The first-order valence-corrected chi connectivity index (χ1v) is 8.22. The predicted molar refractivity (Wildman–Crippen MR) is 92.7 cm³/mol. The molecule has 1 saturated heterocycles. The number of rotatable bonds is 2. The van der Waals surface area contributed by atoms with Crippen molar-refractivity contribution in [2.24, 2.45) is 0 Å². The van der Waals surface area contributed by atoms with Crippen LogP contribution in [0.15, 0.2) is 18.2 Å². The first-order chi connectivity index (χ1) is 11.2. The Balaban J connectivity index is 2.05. The van der Waals surface area contributed by atoms with Crippen LogP contribution in [0.25, 0.3) is 0 Å². The van der Waals surface area contributed by atoms with Crippen molar-refractivity contribution in [3.8, 4) is 0 Å². The molecular formula is C16H22ClN3O4. The molecule has 0 radical (unpaired) electrons. The molecule has 1 heterocycles. The molecular weight excluding hydrogens is 334 g/mol. The third kappa shape index (κ3) is 4.74. The summed E-state index contributed by atoms with van der Waals surface area (Å²) in [4.78, 5) is 26.2. The Labute approximate surface area is 146 Å². The second kappa shape index (κ2) is 7.25. The summed E-state index contributed by atoms with van der Waals surface area (Å²) in [5.74, 6) is 0. The standard InChI is InChI=1S/C16H22ClN3O4/c1-16(2,3)24-15(21)19-8-4-7-18(9-10-19)14-6-5-12(20(22)23)11-13(14)17/h5-6,11H,4,7-10H2,1-3H3. The van der Waals surface area contributed by atoms with Gasteiger partial charge in [-0.3, -0.25) is 10.1 Å². The summed E-state index contributed by atoms with van der Waals surface area (Å²) < 4.78 is 5.41. The Kier molecular flexibility index (Phi) is 5.54. The van der Waals surface area contributed by atoms with E-state index >= 15 is 0 Å². The van der Waals surface area contributed by atoms with Gasteiger partial charge < -0.3 is 14.5 Å². The molecule has 0 aliphatic carbocycles. The van der Waals surface area contributed by atoms with E-state index in [0.717, 1.165) is 18.7 Å². The highest BCUT2D eigenvalue weighted by Crippen LogP contribution is 2.30. The van der Waals surface area contributed by atoms with Gasteiger partial charge in [0.25, 0.3) is 5.69 Å². The molecule has 0 unspecified atom stereocenters. The molecule has 8 heteroatoms. The third-order valence-electron chi connectivity index (χ3n) is 3.63. The molecule has 1 aromatic carbocycles. The number of anilines is 1. The fourth-order valence-corrected chi connectivity index (χ4v) is 2.83. The van der Waals surface area contributed by atoms with Crippen molar-refractivity contribution in [1.29, 1.82) is 0 Å². The van der Waals surface area contributed by atoms with Crippen LogP contribution in [0.5, 0.6) is 0 Å². The van der Waals surface area contributed by atoms with Crippen LogP contribution in [0.2, 0.25) is 5.02 Å². The highest BCUT2D eigenvalue weighted by atomic mass is 35.5. The number of halogens is 1. The Bertz CT molecular complexity index is 630. The fourth-order valence-electron chi connectivity index (χ4n) is 2.53. The number of hydrogen-bond acceptors (Lipinski definition) is 5. The van der Waals surface area contributed by atoms with Crippen molar-refractivity contribution in [2.75, 3.05) is 31.1 Å². The normalized spacial score (nSPS) is 15.8. The van der Waals surface area contributed by atoms with Crippen LogP contribution in [0.1, 0.15) is 27.2 Å². The molecule has 1 fully saturated rings. The van der Waals surface area contributed by atoms with Crippen molar-refractivity contribution >= 4 is 29.1 Å². The van der Waals surface area contributed by atoms with E-state index in [4.69, 9.17) is 16.3 Å². The lowest BCUT2D eigenvalue weighted by Crippen LogP contribution is -2.39. The second-order valence-corrected chi connectivity index (χ2v) is 7.11. The van der Waals surface area contributed by atoms with Crippen LogP contribution in [-0.2, 0) is 4.74 Å². The number of non-ortho nitro benzene ring substituents is 1. The van der Waals surface area contributed by atoms with Gasteiger partial charge in [-0.1, -0.05) is 11.6 Å². The molecule has 0 bridgehead atoms. The largest absolute Gasteiger partial charge is 0.444 e. The topological polar surface area (TPSA) is 75.9 Å². The summed E-state index contributed by atoms with van der Waals surface area (Å²) in [7, 11) is 0. The van der Waals surface area contributed by atoms with E-state index in [1.54, 1.807) is 11.0 Å². The Morgan fingerprint density at radius 3 is 2.54 bits per heavy atom. The van der Waals surface area contributed by atoms with E-state index in [9.17, 15) is 14.9 Å². The fraction of sp³-hybridized carbons (Fsp3) is 0.562. The zero-order valence-electron chi connectivity index (χ0n) is 14.1. The van der Waals surface area contributed by atoms with Gasteiger partial charge in [-0.2, -0.15) is 0 Å². The van der Waals surface area contributed by atoms with E-state index in [-0.39, 0.29) is 11.8 Å². The summed E-state index contributed by atoms with van der Waals surface area (Å²) in [6.07, 6.45) is 0.450. The minimum absolute atomic E-state index is 0.0334. The summed E-state index contributed by atoms with van der Waals surface area (Å²) in [5.41, 5.74) is 0.187. The molecule has 0 spiro atoms. The Morgan fingerprint density at radius 2 is 1.96 bits per heavy atom. The number of benzene rings is 1. The van der Waals surface area contributed by atoms with Crippen molar-refractivity contribution in [2.45, 2.75) is 32.8 Å². The van der Waals surface area contributed by atoms with Gasteiger partial charge in [0.2, 0.25) is 0 Å². The van der Waals surface area contributed by atoms with Crippen LogP contribution in [0, 0.1) is 10.1 Å². The van der Waals surface area contributed by atoms with Gasteiger partial charge in [-0.15, -0.1) is 0 Å². The van der Waals surface area contributed by atoms with Crippen molar-refractivity contribution in [3.63, 3.8) is 0 Å². The first kappa shape index (κ1) is 18.3. The second-order valence-electron chi connectivity index (χ2n) is 6.70. The predicted octanol–water partition coefficient (Wildman–Crippen LogP) is 3.70. The maximum atomic E-state index is 12.2. The lowest BCUT2D eigenvalue weighted by molar-refractivity contribution is -0.384. The summed E-state index contributed by atoms with van der Waals surface area (Å²) in [5, 5.41) is 11.1. The Morgan fingerprint density at radius 1 is 1.25 bits per heavy atom. The van der Waals surface area contributed by atoms with Crippen molar-refractivity contribution in [1.82, 2.24) is 4.90 Å². The van der Waals surface area contributed by atoms with Gasteiger partial charge in [0.1, 0.15) is 5.60 Å². The molecule has 1 aliphatic heterocycles. The summed E-state index contributed by atoms with van der Waals surface area (Å²) >= 11 is 6.19. The molecule has 7 nitrogen and oxygen atoms in total. The van der Waals surface area contributed by atoms with Gasteiger partial charge in [-0.05, 0) is 33.3 Å². The smallest absolute Gasteiger partial charge is 0.410 e. The van der Waals surface area contributed by atoms with Crippen LogP contribution < -0.4 is 4.90 Å². The van der Waals surface area contributed by atoms with Crippen LogP contribution in [0.4, 0.5) is 16.2 Å². The lowest BCUT2D eigenvalue weighted by atomic mass is 10.2. The SMILES string of the molecule is CC(C)(C)OC(=O)N1CCCN(c2ccc([N+](=O)[O-])cc2Cl)CC1. The number of nitro benzene ring substituents is 1. The molecule has 0 atom stereocenters. The molecule has 24 heavy (non-hydrogen) atoms. The Hall–Kier alpha value is -2.02. The zero-order valence-corrected chi connectivity index (χ0v) is 14.9. The minimum Gasteiger partial charge on any atom is -0.444 e. The van der Waals surface area contributed by atoms with E-state index in [1.165, 1.54) is 12.1 Å². The van der Waals surface area contributed by atoms with Gasteiger partial charge in [0.05, 0.1) is 15.6 Å².